The van der Waals surface area contributed by atoms with Gasteiger partial charge in [0.25, 0.3) is 0 Å². The number of hydrogen-bond acceptors (Lipinski definition) is 2. The van der Waals surface area contributed by atoms with Crippen LogP contribution in [0.2, 0.25) is 0 Å². The van der Waals surface area contributed by atoms with Crippen LogP contribution >= 0.6 is 0 Å². The van der Waals surface area contributed by atoms with Crippen LogP contribution in [0.1, 0.15) is 32.1 Å². The molecule has 2 N–H and O–H groups in total. The van der Waals surface area contributed by atoms with Crippen LogP contribution in [-0.4, -0.2) is 23.2 Å². The predicted octanol–water partition coefficient (Wildman–Crippen LogP) is 1.55. The number of unbranched alkanes of at least 4 members (excludes halogenated alkanes) is 1. The summed E-state index contributed by atoms with van der Waals surface area (Å²) in [5.41, 5.74) is 0. The van der Waals surface area contributed by atoms with E-state index in [2.05, 4.69) is 11.9 Å². The third kappa shape index (κ3) is 3.19. The van der Waals surface area contributed by atoms with E-state index in [4.69, 9.17) is 5.11 Å². The number of aliphatic carboxylic acids is 1. The van der Waals surface area contributed by atoms with E-state index in [9.17, 15) is 4.79 Å². The number of hydrogen-bond donors (Lipinski definition) is 2. The van der Waals surface area contributed by atoms with Crippen LogP contribution in [0.15, 0.2) is 12.7 Å². The van der Waals surface area contributed by atoms with Gasteiger partial charge in [0.2, 0.25) is 0 Å². The maximum Gasteiger partial charge on any atom is 0.320 e. The molecule has 2 atom stereocenters. The standard InChI is InChI=1S/C10H17NO2/c1-2-3-4-5-8-6-7-9(11-8)10(12)13/h2,8-9,11H,1,3-7H2,(H,12,13). The van der Waals surface area contributed by atoms with Crippen LogP contribution in [0.4, 0.5) is 0 Å². The largest absolute Gasteiger partial charge is 0.480 e. The number of allylic oxidation sites excluding steroid dienone is 1. The van der Waals surface area contributed by atoms with Gasteiger partial charge in [0, 0.05) is 6.04 Å². The van der Waals surface area contributed by atoms with Crippen molar-refractivity contribution >= 4 is 5.97 Å². The van der Waals surface area contributed by atoms with Gasteiger partial charge in [0.05, 0.1) is 0 Å². The average Bonchev–Trinajstić information content (AvgIpc) is 2.53. The molecule has 0 aromatic carbocycles. The molecule has 0 bridgehead atoms. The fourth-order valence-corrected chi connectivity index (χ4v) is 1.75. The third-order valence-electron chi connectivity index (χ3n) is 2.50. The molecule has 1 fully saturated rings. The lowest BCUT2D eigenvalue weighted by Crippen LogP contribution is -2.35. The summed E-state index contributed by atoms with van der Waals surface area (Å²) in [4.78, 5) is 10.6. The lowest BCUT2D eigenvalue weighted by Gasteiger charge is -2.10. The number of rotatable bonds is 5. The van der Waals surface area contributed by atoms with Crippen molar-refractivity contribution in [3.8, 4) is 0 Å². The zero-order valence-corrected chi connectivity index (χ0v) is 7.83. The molecular formula is C10H17NO2. The molecule has 74 valence electrons. The molecule has 1 aliphatic heterocycles. The van der Waals surface area contributed by atoms with Crippen molar-refractivity contribution in [2.45, 2.75) is 44.2 Å². The molecule has 0 spiro atoms. The first kappa shape index (κ1) is 10.3. The zero-order chi connectivity index (χ0) is 9.68. The molecule has 1 rings (SSSR count). The number of nitrogens with one attached hydrogen (secondary N) is 1. The molecule has 0 radical (unpaired) electrons. The third-order valence-corrected chi connectivity index (χ3v) is 2.50. The van der Waals surface area contributed by atoms with Gasteiger partial charge in [-0.3, -0.25) is 4.79 Å². The molecular weight excluding hydrogens is 166 g/mol. The highest BCUT2D eigenvalue weighted by Gasteiger charge is 2.27. The summed E-state index contributed by atoms with van der Waals surface area (Å²) in [7, 11) is 0. The van der Waals surface area contributed by atoms with Crippen LogP contribution in [0, 0.1) is 0 Å². The lowest BCUT2D eigenvalue weighted by atomic mass is 10.1. The molecule has 0 amide bonds. The van der Waals surface area contributed by atoms with Crippen LogP contribution in [0.3, 0.4) is 0 Å². The summed E-state index contributed by atoms with van der Waals surface area (Å²) >= 11 is 0. The number of carbonyl (C=O) groups is 1. The van der Waals surface area contributed by atoms with Gasteiger partial charge in [-0.2, -0.15) is 0 Å². The molecule has 1 saturated heterocycles. The van der Waals surface area contributed by atoms with Gasteiger partial charge in [0.1, 0.15) is 6.04 Å². The van der Waals surface area contributed by atoms with Crippen molar-refractivity contribution in [2.75, 3.05) is 0 Å². The molecule has 1 heterocycles. The number of carboxylic acids is 1. The molecule has 0 aliphatic carbocycles. The average molecular weight is 183 g/mol. The van der Waals surface area contributed by atoms with Gasteiger partial charge < -0.3 is 10.4 Å². The minimum Gasteiger partial charge on any atom is -0.480 e. The van der Waals surface area contributed by atoms with E-state index in [0.717, 1.165) is 32.1 Å². The van der Waals surface area contributed by atoms with E-state index in [1.165, 1.54) is 0 Å². The normalized spacial score (nSPS) is 27.4. The van der Waals surface area contributed by atoms with Gasteiger partial charge in [-0.05, 0) is 32.1 Å². The van der Waals surface area contributed by atoms with Crippen LogP contribution in [0.5, 0.6) is 0 Å². The quantitative estimate of drug-likeness (QED) is 0.502. The van der Waals surface area contributed by atoms with Crippen LogP contribution < -0.4 is 5.32 Å². The highest BCUT2D eigenvalue weighted by molar-refractivity contribution is 5.73. The van der Waals surface area contributed by atoms with Gasteiger partial charge in [-0.15, -0.1) is 6.58 Å². The summed E-state index contributed by atoms with van der Waals surface area (Å²) in [6.45, 7) is 3.65. The van der Waals surface area contributed by atoms with Crippen molar-refractivity contribution < 1.29 is 9.90 Å². The Morgan fingerprint density at radius 1 is 1.62 bits per heavy atom. The topological polar surface area (TPSA) is 49.3 Å². The SMILES string of the molecule is C=CCCCC1CCC(C(=O)O)N1. The molecule has 1 aliphatic rings. The second-order valence-electron chi connectivity index (χ2n) is 3.55. The maximum absolute atomic E-state index is 10.6. The van der Waals surface area contributed by atoms with Crippen molar-refractivity contribution in [1.29, 1.82) is 0 Å². The van der Waals surface area contributed by atoms with E-state index in [1.807, 2.05) is 6.08 Å². The van der Waals surface area contributed by atoms with Gasteiger partial charge in [0.15, 0.2) is 0 Å². The molecule has 3 heteroatoms. The fraction of sp³-hybridized carbons (Fsp3) is 0.700. The van der Waals surface area contributed by atoms with Gasteiger partial charge in [-0.25, -0.2) is 0 Å². The highest BCUT2D eigenvalue weighted by atomic mass is 16.4. The van der Waals surface area contributed by atoms with E-state index in [-0.39, 0.29) is 6.04 Å². The van der Waals surface area contributed by atoms with Crippen molar-refractivity contribution in [3.63, 3.8) is 0 Å². The van der Waals surface area contributed by atoms with Crippen LogP contribution in [-0.2, 0) is 4.79 Å². The second-order valence-corrected chi connectivity index (χ2v) is 3.55. The molecule has 0 saturated carbocycles. The molecule has 2 unspecified atom stereocenters. The Kier molecular flexibility index (Phi) is 3.96. The Morgan fingerprint density at radius 2 is 2.38 bits per heavy atom. The van der Waals surface area contributed by atoms with Gasteiger partial charge >= 0.3 is 5.97 Å². The van der Waals surface area contributed by atoms with E-state index < -0.39 is 5.97 Å². The van der Waals surface area contributed by atoms with E-state index >= 15 is 0 Å². The Balaban J connectivity index is 2.17. The Hall–Kier alpha value is -0.830. The fourth-order valence-electron chi connectivity index (χ4n) is 1.75. The van der Waals surface area contributed by atoms with E-state index in [1.54, 1.807) is 0 Å². The summed E-state index contributed by atoms with van der Waals surface area (Å²) in [5.74, 6) is -0.716. The monoisotopic (exact) mass is 183 g/mol. The minimum absolute atomic E-state index is 0.311. The molecule has 3 nitrogen and oxygen atoms in total. The van der Waals surface area contributed by atoms with Gasteiger partial charge in [-0.1, -0.05) is 6.08 Å². The van der Waals surface area contributed by atoms with Crippen LogP contribution in [0.25, 0.3) is 0 Å². The lowest BCUT2D eigenvalue weighted by molar-refractivity contribution is -0.139. The molecule has 13 heavy (non-hydrogen) atoms. The molecule has 0 aromatic heterocycles. The van der Waals surface area contributed by atoms with Crippen molar-refractivity contribution in [1.82, 2.24) is 5.32 Å². The Bertz CT molecular complexity index is 191. The maximum atomic E-state index is 10.6. The first-order valence-corrected chi connectivity index (χ1v) is 4.83. The summed E-state index contributed by atoms with van der Waals surface area (Å²) in [5, 5.41) is 11.8. The summed E-state index contributed by atoms with van der Waals surface area (Å²) in [6, 6.07) is 0.0924. The first-order valence-electron chi connectivity index (χ1n) is 4.83. The van der Waals surface area contributed by atoms with E-state index in [0.29, 0.717) is 6.04 Å². The van der Waals surface area contributed by atoms with Crippen molar-refractivity contribution in [3.05, 3.63) is 12.7 Å². The second kappa shape index (κ2) is 5.02. The highest BCUT2D eigenvalue weighted by Crippen LogP contribution is 2.17. The Labute approximate surface area is 78.8 Å². The summed E-state index contributed by atoms with van der Waals surface area (Å²) in [6.07, 6.45) is 6.87. The number of carboxylic acid groups (broad SMARTS) is 1. The zero-order valence-electron chi connectivity index (χ0n) is 7.83. The first-order chi connectivity index (χ1) is 6.24. The smallest absolute Gasteiger partial charge is 0.320 e. The minimum atomic E-state index is -0.716. The van der Waals surface area contributed by atoms with Crippen molar-refractivity contribution in [2.24, 2.45) is 0 Å². The summed E-state index contributed by atoms with van der Waals surface area (Å²) < 4.78 is 0. The predicted molar refractivity (Wildman–Crippen MR) is 51.6 cm³/mol. The Morgan fingerprint density at radius 3 is 2.92 bits per heavy atom. The molecule has 0 aromatic rings.